The molecule has 2 heteroatoms. The van der Waals surface area contributed by atoms with Crippen molar-refractivity contribution in [1.82, 2.24) is 0 Å². The summed E-state index contributed by atoms with van der Waals surface area (Å²) in [6, 6.07) is 4.54. The van der Waals surface area contributed by atoms with Gasteiger partial charge in [-0.2, -0.15) is 0 Å². The lowest BCUT2D eigenvalue weighted by atomic mass is 9.77. The van der Waals surface area contributed by atoms with Crippen LogP contribution < -0.4 is 4.74 Å². The molecule has 130 valence electrons. The number of rotatable bonds is 5. The van der Waals surface area contributed by atoms with Gasteiger partial charge in [0, 0.05) is 17.5 Å². The van der Waals surface area contributed by atoms with E-state index >= 15 is 0 Å². The van der Waals surface area contributed by atoms with E-state index in [1.165, 1.54) is 16.7 Å². The Balaban J connectivity index is 3.41. The van der Waals surface area contributed by atoms with Gasteiger partial charge in [0.15, 0.2) is 0 Å². The molecule has 0 saturated heterocycles. The molecule has 1 rings (SSSR count). The number of Topliss-reactive ketones (excluding diaryl/α,β-unsaturated/α-hetero) is 1. The number of methoxy groups -OCH3 is 1. The summed E-state index contributed by atoms with van der Waals surface area (Å²) in [5, 5.41) is 0. The minimum Gasteiger partial charge on any atom is -0.496 e. The van der Waals surface area contributed by atoms with E-state index in [2.05, 4.69) is 60.6 Å². The first-order valence-corrected chi connectivity index (χ1v) is 8.57. The predicted molar refractivity (Wildman–Crippen MR) is 98.6 cm³/mol. The number of carbonyl (C=O) groups excluding carboxylic acids is 1. The van der Waals surface area contributed by atoms with Gasteiger partial charge in [-0.3, -0.25) is 0 Å². The van der Waals surface area contributed by atoms with Crippen molar-refractivity contribution >= 4 is 5.78 Å². The number of benzene rings is 1. The molecule has 1 unspecified atom stereocenters. The van der Waals surface area contributed by atoms with Crippen LogP contribution >= 0.6 is 0 Å². The van der Waals surface area contributed by atoms with Crippen molar-refractivity contribution in [3.63, 3.8) is 0 Å². The fraction of sp³-hybridized carbons (Fsp3) is 0.667. The summed E-state index contributed by atoms with van der Waals surface area (Å²) in [5.41, 5.74) is 3.83. The van der Waals surface area contributed by atoms with Gasteiger partial charge in [0.25, 0.3) is 0 Å². The van der Waals surface area contributed by atoms with Crippen LogP contribution in [0.25, 0.3) is 0 Å². The molecule has 0 aliphatic carbocycles. The highest BCUT2D eigenvalue weighted by atomic mass is 16.5. The molecule has 0 heterocycles. The molecule has 23 heavy (non-hydrogen) atoms. The number of hydrogen-bond donors (Lipinski definition) is 0. The zero-order valence-electron chi connectivity index (χ0n) is 16.5. The molecule has 0 N–H and O–H groups in total. The molecule has 0 aliphatic heterocycles. The van der Waals surface area contributed by atoms with Gasteiger partial charge in [-0.15, -0.1) is 0 Å². The van der Waals surface area contributed by atoms with Crippen LogP contribution in [0.3, 0.4) is 0 Å². The monoisotopic (exact) mass is 318 g/mol. The molecule has 0 fully saturated rings. The standard InChI is InChI=1S/C21H34O2/c1-14(10-15(2)22)11-16-12-17(20(3,4)5)19(23-9)18(13-16)21(6,7)8/h12-14H,10-11H2,1-9H3. The third-order valence-electron chi connectivity index (χ3n) is 4.19. The summed E-state index contributed by atoms with van der Waals surface area (Å²) >= 11 is 0. The average molecular weight is 319 g/mol. The molecule has 0 aliphatic rings. The van der Waals surface area contributed by atoms with E-state index < -0.39 is 0 Å². The lowest BCUT2D eigenvalue weighted by Crippen LogP contribution is -2.20. The Labute approximate surface area is 142 Å². The lowest BCUT2D eigenvalue weighted by Gasteiger charge is -2.30. The Morgan fingerprint density at radius 1 is 1.04 bits per heavy atom. The van der Waals surface area contributed by atoms with Gasteiger partial charge < -0.3 is 9.53 Å². The van der Waals surface area contributed by atoms with Crippen LogP contribution in [0, 0.1) is 5.92 Å². The summed E-state index contributed by atoms with van der Waals surface area (Å²) < 4.78 is 5.80. The molecular formula is C21H34O2. The minimum atomic E-state index is 0.0190. The molecular weight excluding hydrogens is 284 g/mol. The van der Waals surface area contributed by atoms with Crippen LogP contribution in [-0.2, 0) is 22.0 Å². The molecule has 0 saturated carbocycles. The van der Waals surface area contributed by atoms with Gasteiger partial charge in [-0.25, -0.2) is 0 Å². The van der Waals surface area contributed by atoms with Gasteiger partial charge in [0.05, 0.1) is 7.11 Å². The van der Waals surface area contributed by atoms with Crippen molar-refractivity contribution < 1.29 is 9.53 Å². The predicted octanol–water partition coefficient (Wildman–Crippen LogP) is 5.45. The average Bonchev–Trinajstić information content (AvgIpc) is 2.34. The molecule has 1 aromatic carbocycles. The Kier molecular flexibility index (Phi) is 6.06. The fourth-order valence-electron chi connectivity index (χ4n) is 3.11. The highest BCUT2D eigenvalue weighted by molar-refractivity contribution is 5.75. The summed E-state index contributed by atoms with van der Waals surface area (Å²) in [7, 11) is 1.76. The normalized spacial score (nSPS) is 13.8. The highest BCUT2D eigenvalue weighted by Gasteiger charge is 2.27. The Morgan fingerprint density at radius 2 is 1.48 bits per heavy atom. The van der Waals surface area contributed by atoms with Crippen LogP contribution in [0.15, 0.2) is 12.1 Å². The van der Waals surface area contributed by atoms with Crippen molar-refractivity contribution in [2.45, 2.75) is 79.1 Å². The largest absolute Gasteiger partial charge is 0.496 e. The first-order valence-electron chi connectivity index (χ1n) is 8.57. The molecule has 0 amide bonds. The number of carbonyl (C=O) groups is 1. The van der Waals surface area contributed by atoms with Crippen molar-refractivity contribution in [3.8, 4) is 5.75 Å². The van der Waals surface area contributed by atoms with E-state index in [0.29, 0.717) is 12.3 Å². The second-order valence-corrected chi connectivity index (χ2v) is 8.94. The Bertz CT molecular complexity index is 521. The fourth-order valence-corrected chi connectivity index (χ4v) is 3.11. The summed E-state index contributed by atoms with van der Waals surface area (Å²) in [4.78, 5) is 11.4. The van der Waals surface area contributed by atoms with Gasteiger partial charge >= 0.3 is 0 Å². The van der Waals surface area contributed by atoms with Crippen LogP contribution in [0.2, 0.25) is 0 Å². The number of ketones is 1. The summed E-state index contributed by atoms with van der Waals surface area (Å²) in [5.74, 6) is 1.63. The first-order chi connectivity index (χ1) is 10.4. The van der Waals surface area contributed by atoms with Crippen molar-refractivity contribution in [2.24, 2.45) is 5.92 Å². The topological polar surface area (TPSA) is 26.3 Å². The zero-order valence-corrected chi connectivity index (χ0v) is 16.5. The molecule has 1 aromatic rings. The van der Waals surface area contributed by atoms with Crippen molar-refractivity contribution in [1.29, 1.82) is 0 Å². The maximum Gasteiger partial charge on any atom is 0.130 e. The minimum absolute atomic E-state index is 0.0190. The molecule has 0 radical (unpaired) electrons. The highest BCUT2D eigenvalue weighted by Crippen LogP contribution is 2.40. The zero-order chi connectivity index (χ0) is 18.0. The second kappa shape index (κ2) is 7.07. The lowest BCUT2D eigenvalue weighted by molar-refractivity contribution is -0.117. The van der Waals surface area contributed by atoms with Gasteiger partial charge in [0.1, 0.15) is 11.5 Å². The Hall–Kier alpha value is -1.31. The van der Waals surface area contributed by atoms with E-state index in [9.17, 15) is 4.79 Å². The Morgan fingerprint density at radius 3 is 1.78 bits per heavy atom. The molecule has 0 aromatic heterocycles. The van der Waals surface area contributed by atoms with Crippen molar-refractivity contribution in [2.75, 3.05) is 7.11 Å². The number of ether oxygens (including phenoxy) is 1. The van der Waals surface area contributed by atoms with E-state index in [-0.39, 0.29) is 16.6 Å². The first kappa shape index (κ1) is 19.7. The summed E-state index contributed by atoms with van der Waals surface area (Å²) in [6.07, 6.45) is 1.57. The van der Waals surface area contributed by atoms with Crippen LogP contribution in [0.5, 0.6) is 5.75 Å². The summed E-state index contributed by atoms with van der Waals surface area (Å²) in [6.45, 7) is 17.2. The van der Waals surface area contributed by atoms with Gasteiger partial charge in [-0.05, 0) is 35.7 Å². The second-order valence-electron chi connectivity index (χ2n) is 8.94. The van der Waals surface area contributed by atoms with Crippen LogP contribution in [-0.4, -0.2) is 12.9 Å². The molecule has 2 nitrogen and oxygen atoms in total. The van der Waals surface area contributed by atoms with E-state index in [1.54, 1.807) is 14.0 Å². The maximum absolute atomic E-state index is 11.4. The van der Waals surface area contributed by atoms with E-state index in [1.807, 2.05) is 0 Å². The molecule has 1 atom stereocenters. The van der Waals surface area contributed by atoms with Crippen LogP contribution in [0.1, 0.15) is 78.5 Å². The maximum atomic E-state index is 11.4. The van der Waals surface area contributed by atoms with Gasteiger partial charge in [-0.1, -0.05) is 60.6 Å². The van der Waals surface area contributed by atoms with E-state index in [4.69, 9.17) is 4.74 Å². The SMILES string of the molecule is COc1c(C(C)(C)C)cc(CC(C)CC(C)=O)cc1C(C)(C)C. The van der Waals surface area contributed by atoms with Crippen LogP contribution in [0.4, 0.5) is 0 Å². The van der Waals surface area contributed by atoms with E-state index in [0.717, 1.165) is 12.2 Å². The van der Waals surface area contributed by atoms with Gasteiger partial charge in [0.2, 0.25) is 0 Å². The third kappa shape index (κ3) is 5.37. The smallest absolute Gasteiger partial charge is 0.130 e. The molecule has 0 spiro atoms. The van der Waals surface area contributed by atoms with Crippen molar-refractivity contribution in [3.05, 3.63) is 28.8 Å². The number of hydrogen-bond acceptors (Lipinski definition) is 2. The molecule has 0 bridgehead atoms. The quantitative estimate of drug-likeness (QED) is 0.722. The third-order valence-corrected chi connectivity index (χ3v) is 4.19.